The van der Waals surface area contributed by atoms with Crippen molar-refractivity contribution in [3.05, 3.63) is 11.1 Å². The molecule has 2 heteroatoms. The molecular formula is C28H48OSe. The maximum atomic E-state index is 10.4. The Balaban J connectivity index is 1.52. The van der Waals surface area contributed by atoms with Crippen LogP contribution in [0.3, 0.4) is 0 Å². The first-order chi connectivity index (χ1) is 14.3. The summed E-state index contributed by atoms with van der Waals surface area (Å²) in [6.45, 7) is 10.1. The third-order valence-electron chi connectivity index (χ3n) is 10.1. The SMILES string of the molecule is C[Se]C[C@@H]1CC2C(CCC3(C)C(C(C)CCCC(C)C)CCC23)C2=C1CC(O)CC2. The van der Waals surface area contributed by atoms with E-state index in [1.807, 2.05) is 5.57 Å². The third kappa shape index (κ3) is 4.36. The second kappa shape index (κ2) is 9.60. The number of allylic oxidation sites excluding steroid dienone is 1. The monoisotopic (exact) mass is 480 g/mol. The van der Waals surface area contributed by atoms with Crippen LogP contribution in [-0.2, 0) is 0 Å². The Bertz CT molecular complexity index is 624. The predicted molar refractivity (Wildman–Crippen MR) is 130 cm³/mol. The van der Waals surface area contributed by atoms with E-state index in [0.29, 0.717) is 5.41 Å². The van der Waals surface area contributed by atoms with Gasteiger partial charge in [0, 0.05) is 0 Å². The summed E-state index contributed by atoms with van der Waals surface area (Å²) in [5.74, 6) is 8.77. The molecule has 1 nitrogen and oxygen atoms in total. The maximum absolute atomic E-state index is 10.4. The summed E-state index contributed by atoms with van der Waals surface area (Å²) >= 11 is 0.749. The summed E-state index contributed by atoms with van der Waals surface area (Å²) in [5, 5.41) is 11.8. The fourth-order valence-electron chi connectivity index (χ4n) is 8.74. The topological polar surface area (TPSA) is 20.2 Å². The zero-order chi connectivity index (χ0) is 21.5. The third-order valence-corrected chi connectivity index (χ3v) is 11.7. The van der Waals surface area contributed by atoms with Crippen LogP contribution >= 0.6 is 0 Å². The van der Waals surface area contributed by atoms with E-state index >= 15 is 0 Å². The van der Waals surface area contributed by atoms with Crippen molar-refractivity contribution in [1.82, 2.24) is 0 Å². The summed E-state index contributed by atoms with van der Waals surface area (Å²) in [7, 11) is 0. The van der Waals surface area contributed by atoms with Crippen LogP contribution in [-0.4, -0.2) is 26.2 Å². The number of fused-ring (bicyclic) bond motifs is 4. The zero-order valence-corrected chi connectivity index (χ0v) is 22.2. The Hall–Kier alpha value is 0.219. The van der Waals surface area contributed by atoms with Crippen molar-refractivity contribution < 1.29 is 5.11 Å². The normalized spacial score (nSPS) is 42.1. The molecule has 7 unspecified atom stereocenters. The molecule has 0 aliphatic heterocycles. The van der Waals surface area contributed by atoms with Crippen molar-refractivity contribution in [2.24, 2.45) is 46.8 Å². The van der Waals surface area contributed by atoms with E-state index in [9.17, 15) is 5.11 Å². The molecule has 0 heterocycles. The number of hydrogen-bond acceptors (Lipinski definition) is 1. The number of aliphatic hydroxyl groups is 1. The molecule has 0 aromatic heterocycles. The van der Waals surface area contributed by atoms with Crippen molar-refractivity contribution in [2.45, 2.75) is 116 Å². The number of aliphatic hydroxyl groups excluding tert-OH is 1. The van der Waals surface area contributed by atoms with Gasteiger partial charge in [-0.3, -0.25) is 0 Å². The molecule has 0 aromatic rings. The fourth-order valence-corrected chi connectivity index (χ4v) is 10.3. The molecule has 0 spiro atoms. The van der Waals surface area contributed by atoms with E-state index in [1.165, 1.54) is 63.1 Å². The molecule has 0 saturated heterocycles. The van der Waals surface area contributed by atoms with Crippen molar-refractivity contribution in [2.75, 3.05) is 0 Å². The van der Waals surface area contributed by atoms with Crippen LogP contribution in [0.15, 0.2) is 11.1 Å². The second-order valence-corrected chi connectivity index (χ2v) is 14.2. The summed E-state index contributed by atoms with van der Waals surface area (Å²) in [4.78, 5) is 0. The van der Waals surface area contributed by atoms with Crippen LogP contribution in [0.25, 0.3) is 0 Å². The first kappa shape index (κ1) is 23.4. The molecule has 30 heavy (non-hydrogen) atoms. The van der Waals surface area contributed by atoms with Crippen LogP contribution in [0.4, 0.5) is 0 Å². The van der Waals surface area contributed by atoms with Crippen molar-refractivity contribution in [3.63, 3.8) is 0 Å². The van der Waals surface area contributed by atoms with Gasteiger partial charge in [-0.05, 0) is 0 Å². The summed E-state index contributed by atoms with van der Waals surface area (Å²) in [6.07, 6.45) is 14.9. The van der Waals surface area contributed by atoms with E-state index in [0.717, 1.165) is 69.2 Å². The number of hydrogen-bond donors (Lipinski definition) is 1. The molecule has 4 rings (SSSR count). The van der Waals surface area contributed by atoms with Crippen LogP contribution in [0.2, 0.25) is 11.1 Å². The predicted octanol–water partition coefficient (Wildman–Crippen LogP) is 7.54. The van der Waals surface area contributed by atoms with Gasteiger partial charge in [0.25, 0.3) is 0 Å². The fraction of sp³-hybridized carbons (Fsp3) is 0.929. The average molecular weight is 480 g/mol. The average Bonchev–Trinajstić information content (AvgIpc) is 3.05. The van der Waals surface area contributed by atoms with Gasteiger partial charge in [-0.1, -0.05) is 13.8 Å². The molecule has 4 aliphatic rings. The van der Waals surface area contributed by atoms with Gasteiger partial charge in [0.2, 0.25) is 0 Å². The summed E-state index contributed by atoms with van der Waals surface area (Å²) in [5.41, 5.74) is 4.22. The van der Waals surface area contributed by atoms with Gasteiger partial charge >= 0.3 is 180 Å². The molecule has 0 radical (unpaired) electrons. The Morgan fingerprint density at radius 3 is 2.60 bits per heavy atom. The Morgan fingerprint density at radius 2 is 1.87 bits per heavy atom. The Morgan fingerprint density at radius 1 is 1.07 bits per heavy atom. The van der Waals surface area contributed by atoms with Crippen LogP contribution < -0.4 is 0 Å². The van der Waals surface area contributed by atoms with E-state index in [2.05, 4.69) is 33.5 Å². The quantitative estimate of drug-likeness (QED) is 0.295. The molecule has 1 N–H and O–H groups in total. The van der Waals surface area contributed by atoms with Gasteiger partial charge in [-0.2, -0.15) is 0 Å². The van der Waals surface area contributed by atoms with E-state index in [4.69, 9.17) is 0 Å². The first-order valence-electron chi connectivity index (χ1n) is 13.2. The first-order valence-corrected chi connectivity index (χ1v) is 16.2. The van der Waals surface area contributed by atoms with E-state index in [-0.39, 0.29) is 6.10 Å². The summed E-state index contributed by atoms with van der Waals surface area (Å²) in [6, 6.07) is 0. The summed E-state index contributed by atoms with van der Waals surface area (Å²) < 4.78 is 0. The van der Waals surface area contributed by atoms with E-state index < -0.39 is 0 Å². The number of rotatable bonds is 7. The standard InChI is InChI=1S/C28H48OSe/c1-18(2)7-6-8-19(3)26-11-12-27-25-15-20(17-30-5)24-16-21(29)9-10-22(24)23(25)13-14-28(26,27)4/h18-21,23,25-27,29H,6-17H2,1-5H3/t19?,20-,21?,23?,25?,26?,27?,28?/m0/s1. The van der Waals surface area contributed by atoms with Crippen molar-refractivity contribution in [1.29, 1.82) is 0 Å². The molecule has 0 amide bonds. The molecule has 8 atom stereocenters. The molecule has 172 valence electrons. The van der Waals surface area contributed by atoms with Gasteiger partial charge in [0.1, 0.15) is 0 Å². The molecule has 0 bridgehead atoms. The van der Waals surface area contributed by atoms with Crippen molar-refractivity contribution >= 4 is 15.0 Å². The van der Waals surface area contributed by atoms with Gasteiger partial charge in [0.15, 0.2) is 0 Å². The molecule has 4 aliphatic carbocycles. The zero-order valence-electron chi connectivity index (χ0n) is 20.5. The van der Waals surface area contributed by atoms with Crippen LogP contribution in [0.1, 0.15) is 98.3 Å². The second-order valence-electron chi connectivity index (χ2n) is 12.2. The molecule has 0 aromatic carbocycles. The minimum absolute atomic E-state index is 0.0523. The molecule has 2 fully saturated rings. The van der Waals surface area contributed by atoms with Gasteiger partial charge in [0.05, 0.1) is 0 Å². The van der Waals surface area contributed by atoms with Crippen LogP contribution in [0.5, 0.6) is 0 Å². The minimum atomic E-state index is -0.0523. The Labute approximate surface area is 193 Å². The van der Waals surface area contributed by atoms with Gasteiger partial charge in [-0.25, -0.2) is 0 Å². The van der Waals surface area contributed by atoms with Crippen LogP contribution in [0, 0.1) is 46.8 Å². The Kier molecular flexibility index (Phi) is 7.49. The molecular weight excluding hydrogens is 431 g/mol. The molecule has 2 saturated carbocycles. The van der Waals surface area contributed by atoms with E-state index in [1.54, 1.807) is 5.57 Å². The van der Waals surface area contributed by atoms with Gasteiger partial charge < -0.3 is 0 Å². The van der Waals surface area contributed by atoms with Gasteiger partial charge in [-0.15, -0.1) is 0 Å². The van der Waals surface area contributed by atoms with Crippen molar-refractivity contribution in [3.8, 4) is 0 Å².